The van der Waals surface area contributed by atoms with Crippen LogP contribution in [0.4, 0.5) is 0 Å². The number of Topliss-reactive ketones (excluding diaryl/α,β-unsaturated/α-hetero) is 3. The summed E-state index contributed by atoms with van der Waals surface area (Å²) in [6.07, 6.45) is 43.3. The third kappa shape index (κ3) is 31.6. The predicted octanol–water partition coefficient (Wildman–Crippen LogP) is 15.0. The number of hydrogen-bond acceptors (Lipinski definition) is 4. The van der Waals surface area contributed by atoms with Gasteiger partial charge >= 0.3 is 139 Å². The van der Waals surface area contributed by atoms with Gasteiger partial charge in [0, 0.05) is 62.8 Å². The number of rotatable bonds is 4. The Hall–Kier alpha value is -4.11. The van der Waals surface area contributed by atoms with E-state index in [1.165, 1.54) is 41.6 Å². The summed E-state index contributed by atoms with van der Waals surface area (Å²) in [5, 5.41) is 2.48. The number of terminal acetylenes is 1. The van der Waals surface area contributed by atoms with Crippen molar-refractivity contribution in [2.24, 2.45) is 94.7 Å². The first-order valence-electron chi connectivity index (χ1n) is 31.8. The van der Waals surface area contributed by atoms with Gasteiger partial charge in [-0.2, -0.15) is 0 Å². The van der Waals surface area contributed by atoms with E-state index in [2.05, 4.69) is 217 Å². The molecule has 0 aromatic heterocycles. The van der Waals surface area contributed by atoms with Crippen LogP contribution in [-0.2, 0) is 107 Å². The molecule has 0 unspecified atom stereocenters. The number of allylic oxidation sites excluding steroid dienone is 18. The molecule has 12 aliphatic rings. The molecule has 0 spiro atoms. The monoisotopic (exact) mass is 1630 g/mol. The molecular formula is C81H95AlCl2Co2CuLiO12Si3. The van der Waals surface area contributed by atoms with Crippen LogP contribution in [-0.4, -0.2) is 59.7 Å². The van der Waals surface area contributed by atoms with Gasteiger partial charge in [-0.3, -0.25) is 19.2 Å². The van der Waals surface area contributed by atoms with E-state index in [9.17, 15) is 19.2 Å². The van der Waals surface area contributed by atoms with Crippen LogP contribution < -0.4 is 18.9 Å². The molecule has 8 bridgehead atoms. The number of fused-ring (bicyclic) bond motifs is 17. The van der Waals surface area contributed by atoms with Gasteiger partial charge in [-0.05, 0) is 149 Å². The van der Waals surface area contributed by atoms with Crippen molar-refractivity contribution >= 4 is 91.9 Å². The second-order valence-electron chi connectivity index (χ2n) is 27.9. The number of carbonyl (C=O) groups excluding carboxylic acids is 4. The molecule has 14 rings (SSSR count). The van der Waals surface area contributed by atoms with E-state index < -0.39 is 36.5 Å². The van der Waals surface area contributed by atoms with Crippen molar-refractivity contribution in [3.05, 3.63) is 246 Å². The number of hydrogen-bond donors (Lipinski definition) is 0. The maximum absolute atomic E-state index is 12.7. The average Bonchev–Trinajstić information content (AvgIpc) is 1.59. The molecule has 12 nitrogen and oxygen atoms in total. The molecule has 12 aliphatic carbocycles. The average molecular weight is 1630 g/mol. The normalized spacial score (nSPS) is 27.3. The fraction of sp³-hybridized carbons (Fsp3) is 0.407. The maximum atomic E-state index is 12.7. The molecule has 4 fully saturated rings. The topological polar surface area (TPSA) is 227 Å². The number of carbonyl (C=O) groups is 4. The van der Waals surface area contributed by atoms with Gasteiger partial charge in [-0.1, -0.05) is 218 Å². The fourth-order valence-corrected chi connectivity index (χ4v) is 19.0. The molecule has 14 atom stereocenters. The van der Waals surface area contributed by atoms with Crippen LogP contribution in [0.2, 0.25) is 64.7 Å². The first-order chi connectivity index (χ1) is 46.2. The van der Waals surface area contributed by atoms with Gasteiger partial charge < -0.3 is 14.9 Å². The van der Waals surface area contributed by atoms with Crippen molar-refractivity contribution < 1.29 is 126 Å². The van der Waals surface area contributed by atoms with Crippen molar-refractivity contribution in [1.29, 1.82) is 0 Å². The van der Waals surface area contributed by atoms with Crippen LogP contribution >= 0.6 is 20.1 Å². The summed E-state index contributed by atoms with van der Waals surface area (Å²) in [7, 11) is 6.41. The minimum Gasteiger partial charge on any atom is -0.358 e. The molecule has 0 aliphatic heterocycles. The number of ketones is 4. The molecule has 550 valence electrons. The van der Waals surface area contributed by atoms with Crippen LogP contribution in [0, 0.1) is 175 Å². The molecule has 103 heavy (non-hydrogen) atoms. The van der Waals surface area contributed by atoms with Crippen LogP contribution in [0.1, 0.15) is 57.6 Å². The van der Waals surface area contributed by atoms with Crippen LogP contribution in [0.5, 0.6) is 0 Å². The maximum Gasteiger partial charge on any atom is 1.00 e. The van der Waals surface area contributed by atoms with E-state index in [1.807, 2.05) is 73.4 Å². The Balaban J connectivity index is -0.000000206. The SMILES string of the molecule is C#C[Si](C)(C)C.C1=CC2C=CC1C2.CC1=C([Si](C)(C)C)C(=O)[C@@H]2[C@H]1[C@H]1C=C[C@@H]2C1.C[C@@H]1/C(=C\c2ccccc2)C(=O)[C@@H]2[C@H]1[C@H]1C=C[C@@H]2C1.C[C@H]1C=CC(=O)/C1=C/c1ccccc1.C[Si](C)(C)C1=C[C@H]2[C@@H](C1=O)[C@@H]1C=C[C@H]2C1.[C-]#[O+].[C-]#[O+].[C-]#[O+].[C-]#[O+].[C-]#[O+].[C-]#[O+].[C-]#[O+].[C-]#[O+].[CH3-].[CH3-].[CH3][Al]([Cl])[Cl].[Co].[Co].[Cu+].[Li+]. The Morgan fingerprint density at radius 1 is 0.495 bits per heavy atom. The van der Waals surface area contributed by atoms with Crippen LogP contribution in [0.3, 0.4) is 0 Å². The zero-order valence-electron chi connectivity index (χ0n) is 61.8. The fourth-order valence-electron chi connectivity index (χ4n) is 15.2. The molecule has 0 saturated heterocycles. The van der Waals surface area contributed by atoms with Gasteiger partial charge in [0.25, 0.3) is 0 Å². The molecule has 2 aromatic rings. The van der Waals surface area contributed by atoms with E-state index in [0.29, 0.717) is 88.4 Å². The minimum absolute atomic E-state index is 0. The van der Waals surface area contributed by atoms with Crippen LogP contribution in [0.15, 0.2) is 167 Å². The second-order valence-corrected chi connectivity index (χ2v) is 48.4. The molecule has 22 heteroatoms. The van der Waals surface area contributed by atoms with Crippen molar-refractivity contribution in [3.63, 3.8) is 0 Å². The number of benzene rings is 2. The van der Waals surface area contributed by atoms with Gasteiger partial charge in [0.15, 0.2) is 23.1 Å². The molecule has 2 aromatic carbocycles. The Morgan fingerprint density at radius 2 is 0.845 bits per heavy atom. The Morgan fingerprint density at radius 3 is 1.17 bits per heavy atom. The third-order valence-electron chi connectivity index (χ3n) is 18.8. The summed E-state index contributed by atoms with van der Waals surface area (Å²) >= 11 is -1.19. The molecule has 0 amide bonds. The van der Waals surface area contributed by atoms with Gasteiger partial charge in [0.05, 0.1) is 16.1 Å². The van der Waals surface area contributed by atoms with Gasteiger partial charge in [-0.15, -0.1) is 12.0 Å². The summed E-state index contributed by atoms with van der Waals surface area (Å²) in [6.45, 7) is 62.7. The standard InChI is InChI=1S/C18H18O.C14H20OSi.C13H18OSi.C13H12O.C7H8.C5H10Si.8CO.3CH3.Al.2ClH.2Co.Cu.Li/c1-11-15(9-12-5-3-2-4-6-12)18(19)17-14-8-7-13(10-14)16(11)17;1-8-11-9-5-6-10(7-9)12(11)13(15)14(8)16(2,3)4;1-15(2,3)11-7-10-8-4-5-9(6-8)12(10)13(11)14;1-10-7-8-13(14)12(10)9-11-5-3-2-4-6-11;1-2-7-4-3-6(1)5-7;1-5-6(2,3)4;8*1-2;;;;;;;;;;/h2-9,11,13-14,16-17H,10H2,1H3;5-6,9-12H,7H2,1-4H3;4-5,7-10,12H,6H2,1-3H3;2-10H,1H3;1-4,6-7H,5H2;1H,2-4H3;;;;;;;;;3*1H3;;2*1H;;;;/q;;;;;;;;;;;;;;;2*-1;+2;;;;;2*+1/p-2/b15-9+;;;12-9+;;;;;;;;;;;;;;;;;;;;/t11-,13+,14-,16-,17+;9-,10+,11+,12-;8-,9+,10+,12-;10-;;;;;;;;;;;;;;;;;;;;/m1000..................../s1. The van der Waals surface area contributed by atoms with Crippen molar-refractivity contribution in [1.82, 2.24) is 0 Å². The summed E-state index contributed by atoms with van der Waals surface area (Å²) in [4.78, 5) is 49.1. The van der Waals surface area contributed by atoms with Gasteiger partial charge in [0.1, 0.15) is 8.07 Å². The van der Waals surface area contributed by atoms with Crippen molar-refractivity contribution in [3.8, 4) is 12.0 Å². The quantitative estimate of drug-likeness (QED) is 0.0726. The Kier molecular flexibility index (Phi) is 61.2. The predicted molar refractivity (Wildman–Crippen MR) is 397 cm³/mol. The van der Waals surface area contributed by atoms with Crippen molar-refractivity contribution in [2.75, 3.05) is 0 Å². The smallest absolute Gasteiger partial charge is 0.358 e. The first kappa shape index (κ1) is 112. The Bertz CT molecular complexity index is 3420. The molecule has 0 N–H and O–H groups in total. The molecule has 2 radical (unpaired) electrons. The van der Waals surface area contributed by atoms with E-state index >= 15 is 0 Å². The van der Waals surface area contributed by atoms with E-state index in [4.69, 9.17) is 63.7 Å². The molecule has 4 saturated carbocycles. The number of halogens is 2. The summed E-state index contributed by atoms with van der Waals surface area (Å²) in [5.41, 5.74) is 8.37. The summed E-state index contributed by atoms with van der Waals surface area (Å²) in [6, 6.07) is 20.2. The van der Waals surface area contributed by atoms with Gasteiger partial charge in [0.2, 0.25) is 0 Å². The van der Waals surface area contributed by atoms with Gasteiger partial charge in [-0.25, -0.2) is 20.1 Å². The third-order valence-corrected chi connectivity index (χ3v) is 23.9. The first-order valence-corrected chi connectivity index (χ1v) is 46.9. The van der Waals surface area contributed by atoms with E-state index in [0.717, 1.165) is 34.1 Å². The summed E-state index contributed by atoms with van der Waals surface area (Å²) in [5.74, 6) is 12.0. The van der Waals surface area contributed by atoms with Crippen LogP contribution in [0.25, 0.3) is 12.2 Å². The van der Waals surface area contributed by atoms with E-state index in [-0.39, 0.29) is 102 Å². The largest absolute Gasteiger partial charge is 1.00 e. The zero-order chi connectivity index (χ0) is 74.9. The molecule has 0 heterocycles. The second kappa shape index (κ2) is 56.2. The van der Waals surface area contributed by atoms with Crippen molar-refractivity contribution in [2.45, 2.75) is 111 Å². The zero-order valence-corrected chi connectivity index (χ0v) is 70.5. The Labute approximate surface area is 675 Å². The minimum atomic E-state index is -1.45. The van der Waals surface area contributed by atoms with E-state index in [1.54, 1.807) is 6.08 Å². The molecular weight excluding hydrogens is 1540 g/mol. The summed E-state index contributed by atoms with van der Waals surface area (Å²) < 4.78 is 60.0.